The first kappa shape index (κ1) is 19.7. The zero-order valence-corrected chi connectivity index (χ0v) is 16.1. The number of pyridine rings is 1. The molecule has 0 aliphatic heterocycles. The molecule has 2 aromatic rings. The molecule has 0 amide bonds. The Morgan fingerprint density at radius 3 is 2.52 bits per heavy atom. The van der Waals surface area contributed by atoms with Crippen LogP contribution < -0.4 is 4.74 Å². The Kier molecular flexibility index (Phi) is 6.05. The van der Waals surface area contributed by atoms with Crippen LogP contribution in [0.4, 0.5) is 13.2 Å². The molecule has 0 atom stereocenters. The molecule has 142 valence electrons. The van der Waals surface area contributed by atoms with Crippen LogP contribution in [0.15, 0.2) is 41.1 Å². The van der Waals surface area contributed by atoms with Crippen molar-refractivity contribution in [3.63, 3.8) is 0 Å². The third-order valence-electron chi connectivity index (χ3n) is 4.81. The van der Waals surface area contributed by atoms with E-state index in [4.69, 9.17) is 10.00 Å². The lowest BCUT2D eigenvalue weighted by atomic mass is 9.83. The molecule has 0 spiro atoms. The van der Waals surface area contributed by atoms with Crippen LogP contribution in [0, 0.1) is 17.2 Å². The normalized spacial score (nSPS) is 20.1. The lowest BCUT2D eigenvalue weighted by Gasteiger charge is -2.29. The van der Waals surface area contributed by atoms with Crippen LogP contribution in [-0.4, -0.2) is 11.1 Å². The third-order valence-corrected chi connectivity index (χ3v) is 5.24. The smallest absolute Gasteiger partial charge is 0.417 e. The van der Waals surface area contributed by atoms with Gasteiger partial charge in [0.25, 0.3) is 0 Å². The van der Waals surface area contributed by atoms with Crippen molar-refractivity contribution in [3.8, 4) is 11.8 Å². The molecule has 1 fully saturated rings. The number of halogens is 4. The third kappa shape index (κ3) is 5.23. The number of ether oxygens (including phenoxy) is 1. The fraction of sp³-hybridized carbons (Fsp3) is 0.400. The van der Waals surface area contributed by atoms with Gasteiger partial charge in [-0.3, -0.25) is 4.98 Å². The van der Waals surface area contributed by atoms with Gasteiger partial charge in [-0.05, 0) is 77.7 Å². The van der Waals surface area contributed by atoms with E-state index in [1.54, 1.807) is 24.5 Å². The lowest BCUT2D eigenvalue weighted by molar-refractivity contribution is -0.137. The van der Waals surface area contributed by atoms with Crippen molar-refractivity contribution < 1.29 is 17.9 Å². The van der Waals surface area contributed by atoms with Gasteiger partial charge in [0, 0.05) is 10.7 Å². The predicted octanol–water partition coefficient (Wildman–Crippen LogP) is 5.91. The molecule has 0 bridgehead atoms. The zero-order chi connectivity index (χ0) is 19.4. The van der Waals surface area contributed by atoms with Crippen molar-refractivity contribution in [1.29, 1.82) is 5.26 Å². The van der Waals surface area contributed by atoms with E-state index >= 15 is 0 Å². The highest BCUT2D eigenvalue weighted by atomic mass is 79.9. The number of hydrogen-bond acceptors (Lipinski definition) is 3. The van der Waals surface area contributed by atoms with Gasteiger partial charge in [0.1, 0.15) is 5.75 Å². The summed E-state index contributed by atoms with van der Waals surface area (Å²) in [6.45, 7) is 0. The Balaban J connectivity index is 1.59. The molecule has 1 aliphatic carbocycles. The Bertz CT molecular complexity index is 840. The molecule has 0 N–H and O–H groups in total. The van der Waals surface area contributed by atoms with Crippen LogP contribution in [0.2, 0.25) is 0 Å². The first-order chi connectivity index (χ1) is 12.8. The average Bonchev–Trinajstić information content (AvgIpc) is 2.63. The maximum Gasteiger partial charge on any atom is 0.417 e. The number of benzene rings is 1. The second kappa shape index (κ2) is 8.30. The van der Waals surface area contributed by atoms with E-state index in [2.05, 4.69) is 20.9 Å². The van der Waals surface area contributed by atoms with Gasteiger partial charge in [-0.1, -0.05) is 6.07 Å². The lowest BCUT2D eigenvalue weighted by Crippen LogP contribution is -2.25. The van der Waals surface area contributed by atoms with Crippen molar-refractivity contribution in [2.75, 3.05) is 0 Å². The molecule has 7 heteroatoms. The summed E-state index contributed by atoms with van der Waals surface area (Å²) in [6, 6.07) is 7.51. The number of nitrogens with zero attached hydrogens (tertiary/aromatic N) is 2. The molecular weight excluding hydrogens is 421 g/mol. The fourth-order valence-corrected chi connectivity index (χ4v) is 3.83. The fourth-order valence-electron chi connectivity index (χ4n) is 3.49. The van der Waals surface area contributed by atoms with Gasteiger partial charge >= 0.3 is 6.18 Å². The molecular formula is C20H18BrF3N2O. The molecule has 3 rings (SSSR count). The molecule has 0 unspecified atom stereocenters. The van der Waals surface area contributed by atoms with Crippen LogP contribution in [0.5, 0.6) is 5.75 Å². The van der Waals surface area contributed by atoms with Gasteiger partial charge in [0.15, 0.2) is 0 Å². The highest BCUT2D eigenvalue weighted by Gasteiger charge is 2.34. The topological polar surface area (TPSA) is 45.9 Å². The van der Waals surface area contributed by atoms with Crippen LogP contribution in [0.1, 0.15) is 42.4 Å². The molecule has 1 heterocycles. The number of hydrogen-bond donors (Lipinski definition) is 0. The molecule has 1 aliphatic rings. The van der Waals surface area contributed by atoms with E-state index in [-0.39, 0.29) is 11.7 Å². The van der Waals surface area contributed by atoms with Gasteiger partial charge < -0.3 is 4.74 Å². The summed E-state index contributed by atoms with van der Waals surface area (Å²) in [5.74, 6) is 1.04. The molecule has 27 heavy (non-hydrogen) atoms. The monoisotopic (exact) mass is 438 g/mol. The number of alkyl halides is 3. The summed E-state index contributed by atoms with van der Waals surface area (Å²) in [5.41, 5.74) is -0.547. The van der Waals surface area contributed by atoms with Crippen LogP contribution in [0.25, 0.3) is 0 Å². The van der Waals surface area contributed by atoms with Crippen molar-refractivity contribution in [1.82, 2.24) is 4.98 Å². The maximum absolute atomic E-state index is 13.1. The molecule has 3 nitrogen and oxygen atoms in total. The second-order valence-electron chi connectivity index (χ2n) is 6.79. The molecule has 1 aromatic carbocycles. The Morgan fingerprint density at radius 1 is 1.15 bits per heavy atom. The SMILES string of the molecule is N#Cc1ccc(CC2CCC(Oc3cncc(Br)c3)CC2)cc1C(F)(F)F. The largest absolute Gasteiger partial charge is 0.489 e. The van der Waals surface area contributed by atoms with Crippen LogP contribution >= 0.6 is 15.9 Å². The molecule has 1 saturated carbocycles. The van der Waals surface area contributed by atoms with Crippen molar-refractivity contribution in [2.45, 2.75) is 44.4 Å². The van der Waals surface area contributed by atoms with Gasteiger partial charge in [-0.25, -0.2) is 0 Å². The average molecular weight is 439 g/mol. The minimum atomic E-state index is -4.51. The highest BCUT2D eigenvalue weighted by molar-refractivity contribution is 9.10. The van der Waals surface area contributed by atoms with Gasteiger partial charge in [-0.15, -0.1) is 0 Å². The van der Waals surface area contributed by atoms with E-state index in [0.717, 1.165) is 42.0 Å². The number of nitriles is 1. The quantitative estimate of drug-likeness (QED) is 0.595. The Hall–Kier alpha value is -2.07. The van der Waals surface area contributed by atoms with Gasteiger partial charge in [0.05, 0.1) is 29.5 Å². The van der Waals surface area contributed by atoms with Crippen LogP contribution in [-0.2, 0) is 12.6 Å². The summed E-state index contributed by atoms with van der Waals surface area (Å²) < 4.78 is 46.1. The summed E-state index contributed by atoms with van der Waals surface area (Å²) >= 11 is 3.36. The highest BCUT2D eigenvalue weighted by Crippen LogP contribution is 2.35. The number of rotatable bonds is 4. The summed E-state index contributed by atoms with van der Waals surface area (Å²) in [7, 11) is 0. The van der Waals surface area contributed by atoms with E-state index in [1.165, 1.54) is 6.07 Å². The van der Waals surface area contributed by atoms with Crippen molar-refractivity contribution >= 4 is 15.9 Å². The maximum atomic E-state index is 13.1. The van der Waals surface area contributed by atoms with E-state index < -0.39 is 11.7 Å². The zero-order valence-electron chi connectivity index (χ0n) is 14.5. The van der Waals surface area contributed by atoms with E-state index in [9.17, 15) is 13.2 Å². The minimum Gasteiger partial charge on any atom is -0.489 e. The first-order valence-corrected chi connectivity index (χ1v) is 9.52. The standard InChI is InChI=1S/C20H18BrF3N2O/c21-16-9-18(12-26-11-16)27-17-5-2-13(3-6-17)7-14-1-4-15(10-25)19(8-14)20(22,23)24/h1,4,8-9,11-13,17H,2-3,5-7H2. The molecule has 1 aromatic heterocycles. The summed E-state index contributed by atoms with van der Waals surface area (Å²) in [4.78, 5) is 4.08. The molecule has 0 radical (unpaired) electrons. The van der Waals surface area contributed by atoms with Crippen molar-refractivity contribution in [2.24, 2.45) is 5.92 Å². The summed E-state index contributed by atoms with van der Waals surface area (Å²) in [6.07, 6.45) is 3.05. The Morgan fingerprint density at radius 2 is 1.89 bits per heavy atom. The van der Waals surface area contributed by atoms with Crippen LogP contribution in [0.3, 0.4) is 0 Å². The van der Waals surface area contributed by atoms with Crippen molar-refractivity contribution in [3.05, 3.63) is 57.8 Å². The predicted molar refractivity (Wildman–Crippen MR) is 98.2 cm³/mol. The second-order valence-corrected chi connectivity index (χ2v) is 7.71. The minimum absolute atomic E-state index is 0.101. The van der Waals surface area contributed by atoms with E-state index in [0.29, 0.717) is 17.9 Å². The number of aromatic nitrogens is 1. The van der Waals surface area contributed by atoms with Gasteiger partial charge in [-0.2, -0.15) is 18.4 Å². The molecule has 0 saturated heterocycles. The van der Waals surface area contributed by atoms with E-state index in [1.807, 2.05) is 6.07 Å². The van der Waals surface area contributed by atoms with Gasteiger partial charge in [0.2, 0.25) is 0 Å². The Labute approximate surface area is 164 Å². The summed E-state index contributed by atoms with van der Waals surface area (Å²) in [5, 5.41) is 8.89. The first-order valence-electron chi connectivity index (χ1n) is 8.72.